The average molecular weight is 343 g/mol. The van der Waals surface area contributed by atoms with Gasteiger partial charge >= 0.3 is 18.0 Å². The first-order valence-electron chi connectivity index (χ1n) is 7.74. The number of rotatable bonds is 4. The lowest BCUT2D eigenvalue weighted by Gasteiger charge is -2.36. The van der Waals surface area contributed by atoms with Crippen molar-refractivity contribution in [2.75, 3.05) is 27.3 Å². The zero-order valence-corrected chi connectivity index (χ0v) is 14.8. The molecule has 1 rings (SSSR count). The molecule has 1 saturated heterocycles. The van der Waals surface area contributed by atoms with Crippen molar-refractivity contribution in [1.29, 1.82) is 0 Å². The fourth-order valence-electron chi connectivity index (χ4n) is 2.57. The standard InChI is InChI=1S/C16H25NO7/c1-16(2,3)24-15(21)17-7-6-10(11(9-17)14(20)23-5)12(18)8-13(19)22-4/h10-11H,6-9H2,1-5H3/t10-,11+/m0/s1. The maximum atomic E-state index is 12.3. The van der Waals surface area contributed by atoms with E-state index in [9.17, 15) is 19.2 Å². The first kappa shape index (κ1) is 19.9. The number of nitrogens with zero attached hydrogens (tertiary/aromatic N) is 1. The van der Waals surface area contributed by atoms with E-state index in [0.717, 1.165) is 0 Å². The summed E-state index contributed by atoms with van der Waals surface area (Å²) in [6.45, 7) is 5.51. The van der Waals surface area contributed by atoms with E-state index in [1.807, 2.05) is 0 Å². The summed E-state index contributed by atoms with van der Waals surface area (Å²) >= 11 is 0. The van der Waals surface area contributed by atoms with Crippen molar-refractivity contribution in [3.8, 4) is 0 Å². The van der Waals surface area contributed by atoms with Crippen molar-refractivity contribution in [3.05, 3.63) is 0 Å². The zero-order chi connectivity index (χ0) is 18.5. The summed E-state index contributed by atoms with van der Waals surface area (Å²) in [6, 6.07) is 0. The minimum absolute atomic E-state index is 0.0131. The molecule has 2 atom stereocenters. The van der Waals surface area contributed by atoms with Crippen LogP contribution in [0.2, 0.25) is 0 Å². The number of ketones is 1. The molecule has 0 spiro atoms. The Morgan fingerprint density at radius 3 is 2.17 bits per heavy atom. The Balaban J connectivity index is 2.85. The Labute approximate surface area is 141 Å². The Morgan fingerprint density at radius 1 is 1.04 bits per heavy atom. The van der Waals surface area contributed by atoms with Gasteiger partial charge in [0.25, 0.3) is 0 Å². The molecule has 0 radical (unpaired) electrons. The van der Waals surface area contributed by atoms with Crippen LogP contribution in [0.25, 0.3) is 0 Å². The maximum absolute atomic E-state index is 12.3. The molecule has 0 aromatic rings. The van der Waals surface area contributed by atoms with E-state index < -0.39 is 41.9 Å². The van der Waals surface area contributed by atoms with Crippen molar-refractivity contribution in [1.82, 2.24) is 4.90 Å². The van der Waals surface area contributed by atoms with Crippen LogP contribution >= 0.6 is 0 Å². The highest BCUT2D eigenvalue weighted by molar-refractivity contribution is 5.98. The molecule has 0 aliphatic carbocycles. The number of Topliss-reactive ketones (excluding diaryl/α,β-unsaturated/α-hetero) is 1. The summed E-state index contributed by atoms with van der Waals surface area (Å²) in [5.74, 6) is -3.14. The van der Waals surface area contributed by atoms with E-state index >= 15 is 0 Å². The molecule has 0 aromatic heterocycles. The quantitative estimate of drug-likeness (QED) is 0.429. The molecular formula is C16H25NO7. The van der Waals surface area contributed by atoms with Gasteiger partial charge in [0, 0.05) is 19.0 Å². The van der Waals surface area contributed by atoms with E-state index in [1.54, 1.807) is 20.8 Å². The molecule has 8 nitrogen and oxygen atoms in total. The molecular weight excluding hydrogens is 318 g/mol. The third-order valence-corrected chi connectivity index (χ3v) is 3.73. The van der Waals surface area contributed by atoms with Crippen molar-refractivity contribution < 1.29 is 33.4 Å². The van der Waals surface area contributed by atoms with Gasteiger partial charge in [-0.2, -0.15) is 0 Å². The SMILES string of the molecule is COC(=O)CC(=O)[C@H]1CCN(C(=O)OC(C)(C)C)C[C@H]1C(=O)OC. The second-order valence-electron chi connectivity index (χ2n) is 6.67. The average Bonchev–Trinajstić information content (AvgIpc) is 2.51. The monoisotopic (exact) mass is 343 g/mol. The fraction of sp³-hybridized carbons (Fsp3) is 0.750. The van der Waals surface area contributed by atoms with Gasteiger partial charge in [0.15, 0.2) is 0 Å². The first-order valence-corrected chi connectivity index (χ1v) is 7.74. The highest BCUT2D eigenvalue weighted by atomic mass is 16.6. The summed E-state index contributed by atoms with van der Waals surface area (Å²) in [5, 5.41) is 0. The lowest BCUT2D eigenvalue weighted by molar-refractivity contribution is -0.154. The lowest BCUT2D eigenvalue weighted by atomic mass is 9.81. The number of hydrogen-bond donors (Lipinski definition) is 0. The first-order chi connectivity index (χ1) is 11.1. The number of methoxy groups -OCH3 is 2. The van der Waals surface area contributed by atoms with Gasteiger partial charge in [0.05, 0.1) is 20.1 Å². The second kappa shape index (κ2) is 8.12. The van der Waals surface area contributed by atoms with Crippen LogP contribution in [0, 0.1) is 11.8 Å². The molecule has 1 aliphatic rings. The number of carbonyl (C=O) groups excluding carboxylic acids is 4. The van der Waals surface area contributed by atoms with Gasteiger partial charge in [0.1, 0.15) is 17.8 Å². The Morgan fingerprint density at radius 2 is 1.67 bits per heavy atom. The van der Waals surface area contributed by atoms with Crippen molar-refractivity contribution in [2.45, 2.75) is 39.2 Å². The van der Waals surface area contributed by atoms with E-state index in [0.29, 0.717) is 0 Å². The molecule has 1 aliphatic heterocycles. The summed E-state index contributed by atoms with van der Waals surface area (Å²) in [6.07, 6.45) is -0.689. The molecule has 0 saturated carbocycles. The predicted octanol–water partition coefficient (Wildman–Crippen LogP) is 1.16. The largest absolute Gasteiger partial charge is 0.469 e. The Kier molecular flexibility index (Phi) is 6.74. The summed E-state index contributed by atoms with van der Waals surface area (Å²) < 4.78 is 14.5. The van der Waals surface area contributed by atoms with Crippen LogP contribution in [0.1, 0.15) is 33.6 Å². The summed E-state index contributed by atoms with van der Waals surface area (Å²) in [5.41, 5.74) is -0.657. The van der Waals surface area contributed by atoms with E-state index in [-0.39, 0.29) is 25.3 Å². The molecule has 0 unspecified atom stereocenters. The Bertz CT molecular complexity index is 509. The predicted molar refractivity (Wildman–Crippen MR) is 83.1 cm³/mol. The molecule has 1 amide bonds. The number of piperidine rings is 1. The van der Waals surface area contributed by atoms with Crippen LogP contribution in [0.4, 0.5) is 4.79 Å². The molecule has 0 N–H and O–H groups in total. The number of hydrogen-bond acceptors (Lipinski definition) is 7. The van der Waals surface area contributed by atoms with Gasteiger partial charge in [-0.25, -0.2) is 4.79 Å². The zero-order valence-electron chi connectivity index (χ0n) is 14.8. The lowest BCUT2D eigenvalue weighted by Crippen LogP contribution is -2.50. The van der Waals surface area contributed by atoms with Gasteiger partial charge in [0.2, 0.25) is 0 Å². The third-order valence-electron chi connectivity index (χ3n) is 3.73. The number of likely N-dealkylation sites (tertiary alicyclic amines) is 1. The normalized spacial score (nSPS) is 21.0. The van der Waals surface area contributed by atoms with Gasteiger partial charge in [-0.15, -0.1) is 0 Å². The van der Waals surface area contributed by atoms with Crippen LogP contribution in [0.15, 0.2) is 0 Å². The fourth-order valence-corrected chi connectivity index (χ4v) is 2.57. The molecule has 1 fully saturated rings. The molecule has 0 bridgehead atoms. The summed E-state index contributed by atoms with van der Waals surface area (Å²) in [4.78, 5) is 49.1. The van der Waals surface area contributed by atoms with Gasteiger partial charge in [-0.1, -0.05) is 0 Å². The number of carbonyl (C=O) groups is 4. The van der Waals surface area contributed by atoms with Gasteiger partial charge in [-0.3, -0.25) is 14.4 Å². The van der Waals surface area contributed by atoms with Crippen LogP contribution in [0.5, 0.6) is 0 Å². The van der Waals surface area contributed by atoms with Crippen LogP contribution < -0.4 is 0 Å². The molecule has 0 aromatic carbocycles. The van der Waals surface area contributed by atoms with Crippen molar-refractivity contribution in [2.24, 2.45) is 11.8 Å². The maximum Gasteiger partial charge on any atom is 0.410 e. The van der Waals surface area contributed by atoms with Gasteiger partial charge in [-0.05, 0) is 27.2 Å². The minimum Gasteiger partial charge on any atom is -0.469 e. The topological polar surface area (TPSA) is 99.2 Å². The second-order valence-corrected chi connectivity index (χ2v) is 6.67. The summed E-state index contributed by atoms with van der Waals surface area (Å²) in [7, 11) is 2.41. The van der Waals surface area contributed by atoms with E-state index in [1.165, 1.54) is 19.1 Å². The molecule has 24 heavy (non-hydrogen) atoms. The van der Waals surface area contributed by atoms with E-state index in [4.69, 9.17) is 9.47 Å². The third kappa shape index (κ3) is 5.50. The van der Waals surface area contributed by atoms with Crippen molar-refractivity contribution >= 4 is 23.8 Å². The van der Waals surface area contributed by atoms with Crippen LogP contribution in [-0.2, 0) is 28.6 Å². The minimum atomic E-state index is -0.826. The highest BCUT2D eigenvalue weighted by Gasteiger charge is 2.41. The number of ether oxygens (including phenoxy) is 3. The highest BCUT2D eigenvalue weighted by Crippen LogP contribution is 2.28. The molecule has 136 valence electrons. The molecule has 8 heteroatoms. The van der Waals surface area contributed by atoms with Gasteiger partial charge < -0.3 is 19.1 Å². The number of amides is 1. The van der Waals surface area contributed by atoms with Crippen LogP contribution in [0.3, 0.4) is 0 Å². The Hall–Kier alpha value is -2.12. The number of esters is 2. The van der Waals surface area contributed by atoms with E-state index in [2.05, 4.69) is 4.74 Å². The molecule has 1 heterocycles. The van der Waals surface area contributed by atoms with Crippen LogP contribution in [-0.4, -0.2) is 61.6 Å². The smallest absolute Gasteiger partial charge is 0.410 e. The van der Waals surface area contributed by atoms with Crippen molar-refractivity contribution in [3.63, 3.8) is 0 Å².